The van der Waals surface area contributed by atoms with Gasteiger partial charge in [0.25, 0.3) is 0 Å². The minimum atomic E-state index is -3.51. The van der Waals surface area contributed by atoms with Gasteiger partial charge in [-0.25, -0.2) is 8.42 Å². The molecule has 16 heavy (non-hydrogen) atoms. The number of benzene rings is 1. The molecule has 0 aliphatic carbocycles. The number of carbonyl (C=O) groups is 1. The SMILES string of the molecule is CS(=O)(=O)N(CC(=O)Cl)c1ccc(Br)cc1. The van der Waals surface area contributed by atoms with E-state index in [4.69, 9.17) is 11.6 Å². The average molecular weight is 327 g/mol. The molecule has 0 aromatic heterocycles. The molecule has 7 heteroatoms. The summed E-state index contributed by atoms with van der Waals surface area (Å²) in [6.07, 6.45) is 1.02. The van der Waals surface area contributed by atoms with Crippen LogP contribution in [0.2, 0.25) is 0 Å². The number of anilines is 1. The molecule has 0 amide bonds. The number of hydrogen-bond donors (Lipinski definition) is 0. The topological polar surface area (TPSA) is 54.5 Å². The van der Waals surface area contributed by atoms with Crippen LogP contribution in [0.15, 0.2) is 28.7 Å². The van der Waals surface area contributed by atoms with Crippen LogP contribution < -0.4 is 4.31 Å². The van der Waals surface area contributed by atoms with Crippen LogP contribution in [0, 0.1) is 0 Å². The number of nitrogens with zero attached hydrogens (tertiary/aromatic N) is 1. The van der Waals surface area contributed by atoms with Crippen molar-refractivity contribution in [3.63, 3.8) is 0 Å². The normalized spacial score (nSPS) is 11.2. The van der Waals surface area contributed by atoms with Crippen molar-refractivity contribution in [3.8, 4) is 0 Å². The monoisotopic (exact) mass is 325 g/mol. The van der Waals surface area contributed by atoms with Crippen LogP contribution in [0.25, 0.3) is 0 Å². The molecule has 0 fully saturated rings. The first kappa shape index (κ1) is 13.5. The minimum absolute atomic E-state index is 0.373. The zero-order valence-electron chi connectivity index (χ0n) is 8.35. The third kappa shape index (κ3) is 3.77. The molecule has 0 aliphatic heterocycles. The van der Waals surface area contributed by atoms with E-state index >= 15 is 0 Å². The van der Waals surface area contributed by atoms with Crippen molar-refractivity contribution in [2.45, 2.75) is 0 Å². The highest BCUT2D eigenvalue weighted by Gasteiger charge is 2.19. The molecule has 0 saturated heterocycles. The molecule has 0 heterocycles. The van der Waals surface area contributed by atoms with Gasteiger partial charge in [0, 0.05) is 4.47 Å². The van der Waals surface area contributed by atoms with Crippen molar-refractivity contribution in [2.24, 2.45) is 0 Å². The molecule has 0 N–H and O–H groups in total. The Morgan fingerprint density at radius 2 is 1.88 bits per heavy atom. The summed E-state index contributed by atoms with van der Waals surface area (Å²) in [6, 6.07) is 6.55. The quantitative estimate of drug-likeness (QED) is 0.795. The maximum atomic E-state index is 11.5. The molecule has 0 spiro atoms. The summed E-state index contributed by atoms with van der Waals surface area (Å²) < 4.78 is 24.7. The lowest BCUT2D eigenvalue weighted by molar-refractivity contribution is -0.110. The Hall–Kier alpha value is -0.590. The molecular formula is C9H9BrClNO3S. The summed E-state index contributed by atoms with van der Waals surface area (Å²) in [4.78, 5) is 10.8. The summed E-state index contributed by atoms with van der Waals surface area (Å²) in [7, 11) is -3.51. The molecule has 0 saturated carbocycles. The van der Waals surface area contributed by atoms with E-state index in [1.165, 1.54) is 0 Å². The van der Waals surface area contributed by atoms with Gasteiger partial charge in [-0.1, -0.05) is 15.9 Å². The smallest absolute Gasteiger partial charge is 0.242 e. The Labute approximate surface area is 107 Å². The first-order valence-corrected chi connectivity index (χ1v) is 7.24. The molecule has 4 nitrogen and oxygen atoms in total. The summed E-state index contributed by atoms with van der Waals surface area (Å²) in [5, 5.41) is -0.728. The van der Waals surface area contributed by atoms with Crippen molar-refractivity contribution in [1.29, 1.82) is 0 Å². The van der Waals surface area contributed by atoms with Gasteiger partial charge in [0.1, 0.15) is 6.54 Å². The maximum Gasteiger partial charge on any atom is 0.242 e. The van der Waals surface area contributed by atoms with Crippen molar-refractivity contribution in [3.05, 3.63) is 28.7 Å². The number of sulfonamides is 1. The van der Waals surface area contributed by atoms with E-state index in [0.29, 0.717) is 5.69 Å². The Morgan fingerprint density at radius 1 is 1.38 bits per heavy atom. The zero-order valence-corrected chi connectivity index (χ0v) is 11.5. The number of hydrogen-bond acceptors (Lipinski definition) is 3. The Balaban J connectivity index is 3.11. The molecule has 1 aromatic carbocycles. The number of carbonyl (C=O) groups excluding carboxylic acids is 1. The lowest BCUT2D eigenvalue weighted by Gasteiger charge is -2.20. The van der Waals surface area contributed by atoms with Gasteiger partial charge in [0.15, 0.2) is 0 Å². The largest absolute Gasteiger partial charge is 0.279 e. The molecule has 0 atom stereocenters. The maximum absolute atomic E-state index is 11.5. The van der Waals surface area contributed by atoms with Gasteiger partial charge in [0.05, 0.1) is 11.9 Å². The summed E-state index contributed by atoms with van der Waals surface area (Å²) >= 11 is 8.44. The zero-order chi connectivity index (χ0) is 12.3. The molecule has 0 aliphatic rings. The molecule has 1 rings (SSSR count). The van der Waals surface area contributed by atoms with Crippen LogP contribution in [-0.2, 0) is 14.8 Å². The Kier molecular flexibility index (Phi) is 4.35. The van der Waals surface area contributed by atoms with E-state index in [0.717, 1.165) is 15.0 Å². The van der Waals surface area contributed by atoms with Gasteiger partial charge in [-0.05, 0) is 35.9 Å². The van der Waals surface area contributed by atoms with E-state index in [2.05, 4.69) is 15.9 Å². The highest BCUT2D eigenvalue weighted by molar-refractivity contribution is 9.10. The van der Waals surface area contributed by atoms with Gasteiger partial charge < -0.3 is 0 Å². The fraction of sp³-hybridized carbons (Fsp3) is 0.222. The first-order valence-electron chi connectivity index (χ1n) is 4.22. The van der Waals surface area contributed by atoms with Gasteiger partial charge in [-0.2, -0.15) is 0 Å². The van der Waals surface area contributed by atoms with E-state index in [-0.39, 0.29) is 6.54 Å². The highest BCUT2D eigenvalue weighted by atomic mass is 79.9. The van der Waals surface area contributed by atoms with Crippen LogP contribution in [0.4, 0.5) is 5.69 Å². The van der Waals surface area contributed by atoms with E-state index in [1.807, 2.05) is 0 Å². The van der Waals surface area contributed by atoms with E-state index in [9.17, 15) is 13.2 Å². The van der Waals surface area contributed by atoms with Crippen LogP contribution in [-0.4, -0.2) is 26.5 Å². The molecule has 1 aromatic rings. The Bertz CT molecular complexity index is 486. The van der Waals surface area contributed by atoms with Crippen LogP contribution in [0.1, 0.15) is 0 Å². The van der Waals surface area contributed by atoms with Crippen molar-refractivity contribution >= 4 is 48.5 Å². The predicted octanol–water partition coefficient (Wildman–Crippen LogP) is 1.98. The third-order valence-electron chi connectivity index (χ3n) is 1.78. The summed E-state index contributed by atoms with van der Waals surface area (Å²) in [5.74, 6) is 0. The first-order chi connectivity index (χ1) is 7.30. The number of rotatable bonds is 4. The molecule has 0 unspecified atom stereocenters. The third-order valence-corrected chi connectivity index (χ3v) is 3.57. The van der Waals surface area contributed by atoms with Crippen LogP contribution in [0.5, 0.6) is 0 Å². The van der Waals surface area contributed by atoms with Gasteiger partial charge in [-0.3, -0.25) is 9.10 Å². The van der Waals surface area contributed by atoms with Crippen LogP contribution in [0.3, 0.4) is 0 Å². The van der Waals surface area contributed by atoms with Crippen molar-refractivity contribution in [2.75, 3.05) is 17.1 Å². The summed E-state index contributed by atoms with van der Waals surface area (Å²) in [6.45, 7) is -0.373. The fourth-order valence-electron chi connectivity index (χ4n) is 1.12. The second kappa shape index (κ2) is 5.16. The highest BCUT2D eigenvalue weighted by Crippen LogP contribution is 2.20. The van der Waals surface area contributed by atoms with Gasteiger partial charge >= 0.3 is 0 Å². The molecule has 0 bridgehead atoms. The molecule has 0 radical (unpaired) electrons. The number of halogens is 2. The lowest BCUT2D eigenvalue weighted by Crippen LogP contribution is -2.33. The predicted molar refractivity (Wildman–Crippen MR) is 67.2 cm³/mol. The fourth-order valence-corrected chi connectivity index (χ4v) is 2.43. The van der Waals surface area contributed by atoms with Crippen LogP contribution >= 0.6 is 27.5 Å². The second-order valence-electron chi connectivity index (χ2n) is 3.10. The second-order valence-corrected chi connectivity index (χ2v) is 6.35. The summed E-state index contributed by atoms with van der Waals surface area (Å²) in [5.41, 5.74) is 0.403. The lowest BCUT2D eigenvalue weighted by atomic mass is 10.3. The van der Waals surface area contributed by atoms with Gasteiger partial charge in [-0.15, -0.1) is 0 Å². The standard InChI is InChI=1S/C9H9BrClNO3S/c1-16(14,15)12(6-9(11)13)8-4-2-7(10)3-5-8/h2-5H,6H2,1H3. The van der Waals surface area contributed by atoms with Gasteiger partial charge in [0.2, 0.25) is 15.3 Å². The Morgan fingerprint density at radius 3 is 2.25 bits per heavy atom. The van der Waals surface area contributed by atoms with E-state index < -0.39 is 15.3 Å². The average Bonchev–Trinajstić information content (AvgIpc) is 2.14. The minimum Gasteiger partial charge on any atom is -0.279 e. The molecule has 88 valence electrons. The molecular weight excluding hydrogens is 318 g/mol. The van der Waals surface area contributed by atoms with Crippen molar-refractivity contribution in [1.82, 2.24) is 0 Å². The van der Waals surface area contributed by atoms with Crippen molar-refractivity contribution < 1.29 is 13.2 Å². The van der Waals surface area contributed by atoms with E-state index in [1.54, 1.807) is 24.3 Å².